The van der Waals surface area contributed by atoms with Gasteiger partial charge in [-0.25, -0.2) is 0 Å². The Morgan fingerprint density at radius 2 is 2.00 bits per heavy atom. The molecule has 25 valence electrons. The molecule has 0 spiro atoms. The molecule has 0 amide bonds. The number of hydrogen-bond donors (Lipinski definition) is 1. The van der Waals surface area contributed by atoms with E-state index in [1.54, 1.807) is 0 Å². The van der Waals surface area contributed by atoms with Crippen LogP contribution >= 0.6 is 0 Å². The topological polar surface area (TPSA) is 37.3 Å². The van der Waals surface area contributed by atoms with Crippen molar-refractivity contribution in [2.75, 3.05) is 0 Å². The average molecular weight is 132 g/mol. The van der Waals surface area contributed by atoms with Gasteiger partial charge in [-0.2, -0.15) is 0 Å². The number of rotatable bonds is 0. The van der Waals surface area contributed by atoms with E-state index in [9.17, 15) is 0 Å². The van der Waals surface area contributed by atoms with Crippen LogP contribution in [-0.2, 0) is 18.6 Å². The van der Waals surface area contributed by atoms with E-state index in [2.05, 4.69) is 0 Å². The van der Waals surface area contributed by atoms with E-state index in [4.69, 9.17) is 8.15 Å². The van der Waals surface area contributed by atoms with Gasteiger partial charge in [0.2, 0.25) is 0 Å². The molecular weight excluding hydrogens is 130 g/mol. The van der Waals surface area contributed by atoms with Gasteiger partial charge in [-0.15, -0.1) is 0 Å². The van der Waals surface area contributed by atoms with Crippen LogP contribution in [0.25, 0.3) is 0 Å². The second-order valence-electron chi connectivity index (χ2n) is 0.0577. The predicted molar refractivity (Wildman–Crippen MR) is 4.02 cm³/mol. The molecule has 4 heavy (non-hydrogen) atoms. The molecular formula is H2KNiO2. The van der Waals surface area contributed by atoms with Crippen molar-refractivity contribution < 1.29 is 75.6 Å². The fraction of sp³-hybridized carbons (Fsp3) is 0. The van der Waals surface area contributed by atoms with Crippen molar-refractivity contribution in [2.45, 2.75) is 0 Å². The summed E-state index contributed by atoms with van der Waals surface area (Å²) in [6, 6.07) is 0. The van der Waals surface area contributed by atoms with Crippen molar-refractivity contribution in [3.63, 3.8) is 0 Å². The first-order chi connectivity index (χ1) is 1.41. The summed E-state index contributed by atoms with van der Waals surface area (Å²) >= 11 is -0.625. The molecule has 0 fully saturated rings. The molecule has 0 saturated carbocycles. The molecule has 1 N–H and O–H groups in total. The summed E-state index contributed by atoms with van der Waals surface area (Å²) in [4.78, 5) is 0. The quantitative estimate of drug-likeness (QED) is 0.346. The fourth-order valence-corrected chi connectivity index (χ4v) is 0. The van der Waals surface area contributed by atoms with Gasteiger partial charge in [0.25, 0.3) is 0 Å². The van der Waals surface area contributed by atoms with Gasteiger partial charge in [0.1, 0.15) is 0 Å². The molecule has 0 saturated heterocycles. The van der Waals surface area contributed by atoms with Crippen LogP contribution in [0, 0.1) is 0 Å². The van der Waals surface area contributed by atoms with Gasteiger partial charge in [0, 0.05) is 0 Å². The summed E-state index contributed by atoms with van der Waals surface area (Å²) in [6.07, 6.45) is 0. The summed E-state index contributed by atoms with van der Waals surface area (Å²) in [5.41, 5.74) is 0. The van der Waals surface area contributed by atoms with Crippen molar-refractivity contribution in [1.82, 2.24) is 0 Å². The summed E-state index contributed by atoms with van der Waals surface area (Å²) < 4.78 is 15.4. The second kappa shape index (κ2) is 8.86. The minimum atomic E-state index is -0.625. The van der Waals surface area contributed by atoms with E-state index in [1.165, 1.54) is 0 Å². The first-order valence-electron chi connectivity index (χ1n) is 0.271. The number of hydrogen-bond acceptors (Lipinski definition) is 1. The fourth-order valence-electron chi connectivity index (χ4n) is 0. The summed E-state index contributed by atoms with van der Waals surface area (Å²) in [5, 5.41) is 0. The predicted octanol–water partition coefficient (Wildman–Crippen LogP) is -3.56. The molecule has 0 radical (unpaired) electrons. The van der Waals surface area contributed by atoms with Crippen LogP contribution in [0.2, 0.25) is 0 Å². The normalized spacial score (nSPS) is 5.25. The van der Waals surface area contributed by atoms with Gasteiger partial charge in [0.15, 0.2) is 0 Å². The zero-order chi connectivity index (χ0) is 2.71. The first-order valence-corrected chi connectivity index (χ1v) is 1.12. The van der Waals surface area contributed by atoms with Gasteiger partial charge in [0.05, 0.1) is 0 Å². The molecule has 0 aromatic heterocycles. The Kier molecular flexibility index (Phi) is 20.6. The van der Waals surface area contributed by atoms with Gasteiger partial charge >= 0.3 is 74.2 Å². The Morgan fingerprint density at radius 1 is 2.00 bits per heavy atom. The van der Waals surface area contributed by atoms with Gasteiger partial charge in [-0.1, -0.05) is 0 Å². The maximum atomic E-state index is 8.42. The molecule has 0 heterocycles. The maximum absolute atomic E-state index is 8.42. The Labute approximate surface area is 74.2 Å². The third-order valence-corrected chi connectivity index (χ3v) is 0. The van der Waals surface area contributed by atoms with Crippen LogP contribution in [0.4, 0.5) is 0 Å². The average Bonchev–Trinajstić information content (AvgIpc) is 0.918. The Balaban J connectivity index is -0.0000000200. The standard InChI is InChI=1S/K.Ni.H2O.O.H/h;;1H2;;/q2*+1;;;-1/p-1. The summed E-state index contributed by atoms with van der Waals surface area (Å²) in [7, 11) is 0. The molecule has 0 atom stereocenters. The van der Waals surface area contributed by atoms with Gasteiger partial charge in [-0.05, 0) is 0 Å². The van der Waals surface area contributed by atoms with E-state index in [0.29, 0.717) is 0 Å². The summed E-state index contributed by atoms with van der Waals surface area (Å²) in [5.74, 6) is 0. The van der Waals surface area contributed by atoms with Crippen molar-refractivity contribution in [3.8, 4) is 0 Å². The van der Waals surface area contributed by atoms with Gasteiger partial charge in [-0.3, -0.25) is 0 Å². The first kappa shape index (κ1) is 9.31. The van der Waals surface area contributed by atoms with Crippen molar-refractivity contribution in [2.24, 2.45) is 0 Å². The molecule has 0 unspecified atom stereocenters. The van der Waals surface area contributed by atoms with Crippen LogP contribution in [0.3, 0.4) is 0 Å². The third kappa shape index (κ3) is 9.10. The molecule has 0 aliphatic heterocycles. The van der Waals surface area contributed by atoms with E-state index in [0.717, 1.165) is 0 Å². The zero-order valence-electron chi connectivity index (χ0n) is 3.17. The summed E-state index contributed by atoms with van der Waals surface area (Å²) in [6.45, 7) is 0. The minimum absolute atomic E-state index is 0. The van der Waals surface area contributed by atoms with Crippen LogP contribution in [0.5, 0.6) is 0 Å². The SMILES string of the molecule is [H-].[K+].[O]=[Ni][OH]. The third-order valence-electron chi connectivity index (χ3n) is 0. The van der Waals surface area contributed by atoms with Crippen LogP contribution < -0.4 is 51.4 Å². The Morgan fingerprint density at radius 3 is 2.00 bits per heavy atom. The molecule has 0 aliphatic carbocycles. The molecule has 0 aromatic carbocycles. The Bertz CT molecular complexity index is 17.1. The monoisotopic (exact) mass is 131 g/mol. The van der Waals surface area contributed by atoms with E-state index in [-0.39, 0.29) is 52.8 Å². The van der Waals surface area contributed by atoms with E-state index < -0.39 is 14.7 Å². The Hall–Kier alpha value is 1.89. The second-order valence-corrected chi connectivity index (χ2v) is 0.238. The van der Waals surface area contributed by atoms with Crippen molar-refractivity contribution in [1.29, 1.82) is 0 Å². The molecule has 0 bridgehead atoms. The van der Waals surface area contributed by atoms with E-state index in [1.807, 2.05) is 0 Å². The molecule has 0 rings (SSSR count). The van der Waals surface area contributed by atoms with Crippen LogP contribution in [0.15, 0.2) is 0 Å². The van der Waals surface area contributed by atoms with Gasteiger partial charge < -0.3 is 1.43 Å². The molecule has 4 heteroatoms. The van der Waals surface area contributed by atoms with Crippen LogP contribution in [0.1, 0.15) is 1.43 Å². The van der Waals surface area contributed by atoms with E-state index >= 15 is 0 Å². The molecule has 0 aromatic rings. The molecule has 0 aliphatic rings. The van der Waals surface area contributed by atoms with Crippen LogP contribution in [-0.4, -0.2) is 4.25 Å². The zero-order valence-corrected chi connectivity index (χ0v) is 6.28. The van der Waals surface area contributed by atoms with Crippen molar-refractivity contribution in [3.05, 3.63) is 0 Å². The molecule has 2 nitrogen and oxygen atoms in total. The van der Waals surface area contributed by atoms with Crippen molar-refractivity contribution >= 4 is 0 Å².